The smallest absolute Gasteiger partial charge is 0.328 e. The van der Waals surface area contributed by atoms with Crippen molar-refractivity contribution in [3.05, 3.63) is 53.6 Å². The van der Waals surface area contributed by atoms with Crippen molar-refractivity contribution in [1.82, 2.24) is 0 Å². The fraction of sp³-hybridized carbons (Fsp3) is 0.250. The van der Waals surface area contributed by atoms with Gasteiger partial charge in [0.2, 0.25) is 0 Å². The van der Waals surface area contributed by atoms with Crippen molar-refractivity contribution in [3.8, 4) is 11.1 Å². The van der Waals surface area contributed by atoms with Crippen LogP contribution < -0.4 is 4.90 Å². The minimum atomic E-state index is -0.845. The Morgan fingerprint density at radius 2 is 1.72 bits per heavy atom. The first kappa shape index (κ1) is 16.9. The van der Waals surface area contributed by atoms with Gasteiger partial charge in [-0.3, -0.25) is 14.5 Å². The molecule has 0 fully saturated rings. The Balaban J connectivity index is 2.00. The van der Waals surface area contributed by atoms with Crippen molar-refractivity contribution in [1.29, 1.82) is 0 Å². The van der Waals surface area contributed by atoms with E-state index in [0.717, 1.165) is 16.7 Å². The zero-order valence-corrected chi connectivity index (χ0v) is 14.4. The highest BCUT2D eigenvalue weighted by Gasteiger charge is 2.41. The zero-order chi connectivity index (χ0) is 18.1. The summed E-state index contributed by atoms with van der Waals surface area (Å²) in [6, 6.07) is 12.3. The molecule has 25 heavy (non-hydrogen) atoms. The van der Waals surface area contributed by atoms with Crippen LogP contribution in [0.3, 0.4) is 0 Å². The number of hydrogen-bond acceptors (Lipinski definition) is 4. The largest absolute Gasteiger partial charge is 0.464 e. The summed E-state index contributed by atoms with van der Waals surface area (Å²) >= 11 is 0. The SMILES string of the molecule is CCOC(=O)[C@@H](C)N1C(=O)C(=O)c2cc(-c3ccc(C)cc3)ccc21. The van der Waals surface area contributed by atoms with Crippen LogP contribution in [-0.4, -0.2) is 30.3 Å². The minimum absolute atomic E-state index is 0.221. The third kappa shape index (κ3) is 2.93. The van der Waals surface area contributed by atoms with E-state index in [4.69, 9.17) is 4.74 Å². The molecule has 0 aliphatic carbocycles. The molecule has 1 heterocycles. The number of nitrogens with zero attached hydrogens (tertiary/aromatic N) is 1. The highest BCUT2D eigenvalue weighted by molar-refractivity contribution is 6.52. The number of benzene rings is 2. The Morgan fingerprint density at radius 1 is 1.08 bits per heavy atom. The Kier molecular flexibility index (Phi) is 4.40. The van der Waals surface area contributed by atoms with Gasteiger partial charge in [-0.25, -0.2) is 4.79 Å². The van der Waals surface area contributed by atoms with Gasteiger partial charge in [0.05, 0.1) is 17.9 Å². The molecule has 5 heteroatoms. The van der Waals surface area contributed by atoms with Crippen molar-refractivity contribution >= 4 is 23.3 Å². The van der Waals surface area contributed by atoms with Gasteiger partial charge in [0.1, 0.15) is 6.04 Å². The number of amides is 1. The topological polar surface area (TPSA) is 63.7 Å². The summed E-state index contributed by atoms with van der Waals surface area (Å²) in [4.78, 5) is 38.0. The van der Waals surface area contributed by atoms with Crippen LogP contribution in [0.25, 0.3) is 11.1 Å². The highest BCUT2D eigenvalue weighted by Crippen LogP contribution is 2.34. The second-order valence-electron chi connectivity index (χ2n) is 6.03. The fourth-order valence-electron chi connectivity index (χ4n) is 2.94. The standard InChI is InChI=1S/C20H19NO4/c1-4-25-20(24)13(3)21-17-10-9-15(11-16(17)18(22)19(21)23)14-7-5-12(2)6-8-14/h5-11,13H,4H2,1-3H3/t13-/m1/s1. The molecule has 3 rings (SSSR count). The van der Waals surface area contributed by atoms with Gasteiger partial charge in [0.25, 0.3) is 11.7 Å². The van der Waals surface area contributed by atoms with E-state index in [1.165, 1.54) is 4.90 Å². The molecule has 0 spiro atoms. The third-order valence-corrected chi connectivity index (χ3v) is 4.31. The van der Waals surface area contributed by atoms with Gasteiger partial charge in [-0.15, -0.1) is 0 Å². The van der Waals surface area contributed by atoms with E-state index in [1.807, 2.05) is 37.3 Å². The number of ketones is 1. The van der Waals surface area contributed by atoms with Gasteiger partial charge in [0, 0.05) is 0 Å². The second kappa shape index (κ2) is 6.51. The lowest BCUT2D eigenvalue weighted by molar-refractivity contribution is -0.145. The normalized spacial score (nSPS) is 14.4. The quantitative estimate of drug-likeness (QED) is 0.635. The van der Waals surface area contributed by atoms with E-state index in [-0.39, 0.29) is 6.61 Å². The lowest BCUT2D eigenvalue weighted by Crippen LogP contribution is -2.43. The molecule has 1 aliphatic heterocycles. The molecule has 0 N–H and O–H groups in total. The lowest BCUT2D eigenvalue weighted by Gasteiger charge is -2.22. The molecule has 0 saturated carbocycles. The molecule has 0 saturated heterocycles. The van der Waals surface area contributed by atoms with Gasteiger partial charge in [0.15, 0.2) is 0 Å². The van der Waals surface area contributed by atoms with E-state index >= 15 is 0 Å². The van der Waals surface area contributed by atoms with E-state index in [0.29, 0.717) is 11.3 Å². The monoisotopic (exact) mass is 337 g/mol. The molecule has 2 aromatic rings. The molecule has 128 valence electrons. The molecule has 0 aromatic heterocycles. The third-order valence-electron chi connectivity index (χ3n) is 4.31. The van der Waals surface area contributed by atoms with Crippen LogP contribution in [0.1, 0.15) is 29.8 Å². The van der Waals surface area contributed by atoms with Crippen LogP contribution in [0, 0.1) is 6.92 Å². The summed E-state index contributed by atoms with van der Waals surface area (Å²) < 4.78 is 4.97. The second-order valence-corrected chi connectivity index (χ2v) is 6.03. The van der Waals surface area contributed by atoms with Crippen LogP contribution in [0.4, 0.5) is 5.69 Å². The van der Waals surface area contributed by atoms with Gasteiger partial charge < -0.3 is 4.74 Å². The summed E-state index contributed by atoms with van der Waals surface area (Å²) in [5.41, 5.74) is 3.73. The average molecular weight is 337 g/mol. The number of carbonyl (C=O) groups is 3. The van der Waals surface area contributed by atoms with E-state index < -0.39 is 23.7 Å². The van der Waals surface area contributed by atoms with E-state index in [1.54, 1.807) is 26.0 Å². The molecule has 0 radical (unpaired) electrons. The van der Waals surface area contributed by atoms with Crippen molar-refractivity contribution in [2.75, 3.05) is 11.5 Å². The van der Waals surface area contributed by atoms with Crippen LogP contribution >= 0.6 is 0 Å². The number of hydrogen-bond donors (Lipinski definition) is 0. The van der Waals surface area contributed by atoms with E-state index in [2.05, 4.69) is 0 Å². The molecule has 2 aromatic carbocycles. The number of esters is 1. The predicted molar refractivity (Wildman–Crippen MR) is 94.5 cm³/mol. The van der Waals surface area contributed by atoms with Crippen molar-refractivity contribution < 1.29 is 19.1 Å². The number of aryl methyl sites for hydroxylation is 1. The maximum Gasteiger partial charge on any atom is 0.328 e. The summed E-state index contributed by atoms with van der Waals surface area (Å²) in [7, 11) is 0. The molecule has 0 bridgehead atoms. The summed E-state index contributed by atoms with van der Waals surface area (Å²) in [5.74, 6) is -1.82. The first-order valence-corrected chi connectivity index (χ1v) is 8.19. The van der Waals surface area contributed by atoms with Crippen LogP contribution in [0.15, 0.2) is 42.5 Å². The van der Waals surface area contributed by atoms with Crippen LogP contribution in [0.5, 0.6) is 0 Å². The Bertz CT molecular complexity index is 854. The number of ether oxygens (including phenoxy) is 1. The maximum atomic E-state index is 12.4. The molecule has 1 amide bonds. The number of carbonyl (C=O) groups excluding carboxylic acids is 3. The number of fused-ring (bicyclic) bond motifs is 1. The number of Topliss-reactive ketones (excluding diaryl/α,β-unsaturated/α-hetero) is 1. The van der Waals surface area contributed by atoms with Crippen molar-refractivity contribution in [2.45, 2.75) is 26.8 Å². The first-order chi connectivity index (χ1) is 11.9. The molecular formula is C20H19NO4. The Hall–Kier alpha value is -2.95. The molecule has 1 aliphatic rings. The van der Waals surface area contributed by atoms with Gasteiger partial charge in [-0.1, -0.05) is 35.9 Å². The Morgan fingerprint density at radius 3 is 2.36 bits per heavy atom. The average Bonchev–Trinajstić information content (AvgIpc) is 2.86. The van der Waals surface area contributed by atoms with Crippen molar-refractivity contribution in [2.24, 2.45) is 0 Å². The molecule has 1 atom stereocenters. The van der Waals surface area contributed by atoms with E-state index in [9.17, 15) is 14.4 Å². The Labute approximate surface area is 146 Å². The fourth-order valence-corrected chi connectivity index (χ4v) is 2.94. The predicted octanol–water partition coefficient (Wildman–Crippen LogP) is 3.14. The minimum Gasteiger partial charge on any atom is -0.464 e. The number of rotatable bonds is 4. The first-order valence-electron chi connectivity index (χ1n) is 8.19. The van der Waals surface area contributed by atoms with Crippen LogP contribution in [0.2, 0.25) is 0 Å². The molecule has 0 unspecified atom stereocenters. The van der Waals surface area contributed by atoms with Crippen molar-refractivity contribution in [3.63, 3.8) is 0 Å². The molecular weight excluding hydrogens is 318 g/mol. The van der Waals surface area contributed by atoms with Gasteiger partial charge in [-0.05, 0) is 44.0 Å². The lowest BCUT2D eigenvalue weighted by atomic mass is 10.0. The summed E-state index contributed by atoms with van der Waals surface area (Å²) in [6.07, 6.45) is 0. The van der Waals surface area contributed by atoms with Crippen LogP contribution in [-0.2, 0) is 14.3 Å². The summed E-state index contributed by atoms with van der Waals surface area (Å²) in [6.45, 7) is 5.48. The molecule has 5 nitrogen and oxygen atoms in total. The van der Waals surface area contributed by atoms with Gasteiger partial charge >= 0.3 is 5.97 Å². The highest BCUT2D eigenvalue weighted by atomic mass is 16.5. The maximum absolute atomic E-state index is 12.4. The number of anilines is 1. The zero-order valence-electron chi connectivity index (χ0n) is 14.4. The van der Waals surface area contributed by atoms with Gasteiger partial charge in [-0.2, -0.15) is 0 Å². The summed E-state index contributed by atoms with van der Waals surface area (Å²) in [5, 5.41) is 0.